The SMILES string of the molecule is CCC(CC)(CN)C(=O)N1CCCC1c1c(C)nn(C)c1C. The van der Waals surface area contributed by atoms with Gasteiger partial charge in [0.2, 0.25) is 5.91 Å². The van der Waals surface area contributed by atoms with Gasteiger partial charge in [0.1, 0.15) is 0 Å². The molecule has 5 heteroatoms. The third-order valence-corrected chi connectivity index (χ3v) is 5.61. The van der Waals surface area contributed by atoms with Crippen molar-refractivity contribution in [2.75, 3.05) is 13.1 Å². The number of nitrogens with two attached hydrogens (primary N) is 1. The van der Waals surface area contributed by atoms with Crippen LogP contribution in [0.15, 0.2) is 0 Å². The van der Waals surface area contributed by atoms with Crippen molar-refractivity contribution in [3.63, 3.8) is 0 Å². The molecule has 1 saturated heterocycles. The Balaban J connectivity index is 2.37. The van der Waals surface area contributed by atoms with Crippen LogP contribution in [0.2, 0.25) is 0 Å². The first-order valence-electron chi connectivity index (χ1n) is 8.43. The molecule has 0 aromatic carbocycles. The third-order valence-electron chi connectivity index (χ3n) is 5.61. The first-order valence-corrected chi connectivity index (χ1v) is 8.43. The summed E-state index contributed by atoms with van der Waals surface area (Å²) in [6.07, 6.45) is 3.67. The summed E-state index contributed by atoms with van der Waals surface area (Å²) in [5, 5.41) is 4.53. The molecule has 1 unspecified atom stereocenters. The second kappa shape index (κ2) is 6.41. The molecule has 1 atom stereocenters. The Bertz CT molecular complexity index is 537. The van der Waals surface area contributed by atoms with Crippen LogP contribution in [-0.4, -0.2) is 33.7 Å². The zero-order chi connectivity index (χ0) is 16.5. The molecule has 1 aliphatic heterocycles. The van der Waals surface area contributed by atoms with E-state index in [1.54, 1.807) is 0 Å². The average Bonchev–Trinajstić information content (AvgIpc) is 3.06. The van der Waals surface area contributed by atoms with Crippen molar-refractivity contribution < 1.29 is 4.79 Å². The molecule has 1 fully saturated rings. The lowest BCUT2D eigenvalue weighted by Gasteiger charge is -2.36. The summed E-state index contributed by atoms with van der Waals surface area (Å²) in [6, 6.07) is 0.158. The lowest BCUT2D eigenvalue weighted by molar-refractivity contribution is -0.143. The molecule has 2 rings (SSSR count). The van der Waals surface area contributed by atoms with Gasteiger partial charge in [-0.05, 0) is 39.5 Å². The lowest BCUT2D eigenvalue weighted by Crippen LogP contribution is -2.47. The van der Waals surface area contributed by atoms with Gasteiger partial charge in [-0.1, -0.05) is 13.8 Å². The number of rotatable bonds is 5. The van der Waals surface area contributed by atoms with Crippen LogP contribution in [0.5, 0.6) is 0 Å². The van der Waals surface area contributed by atoms with Crippen molar-refractivity contribution in [1.29, 1.82) is 0 Å². The van der Waals surface area contributed by atoms with Crippen molar-refractivity contribution in [2.24, 2.45) is 18.2 Å². The van der Waals surface area contributed by atoms with Gasteiger partial charge >= 0.3 is 0 Å². The van der Waals surface area contributed by atoms with Crippen LogP contribution in [0.25, 0.3) is 0 Å². The third kappa shape index (κ3) is 2.56. The molecule has 1 aromatic rings. The van der Waals surface area contributed by atoms with Gasteiger partial charge in [-0.3, -0.25) is 9.48 Å². The van der Waals surface area contributed by atoms with Crippen LogP contribution < -0.4 is 5.73 Å². The van der Waals surface area contributed by atoms with Crippen molar-refractivity contribution in [2.45, 2.75) is 59.4 Å². The fourth-order valence-corrected chi connectivity index (χ4v) is 3.82. The van der Waals surface area contributed by atoms with Gasteiger partial charge in [-0.15, -0.1) is 0 Å². The Hall–Kier alpha value is -1.36. The Morgan fingerprint density at radius 2 is 2.00 bits per heavy atom. The molecular formula is C17H30N4O. The highest BCUT2D eigenvalue weighted by Gasteiger charge is 2.42. The molecule has 0 radical (unpaired) electrons. The van der Waals surface area contributed by atoms with Gasteiger partial charge in [0.05, 0.1) is 17.2 Å². The summed E-state index contributed by atoms with van der Waals surface area (Å²) in [7, 11) is 1.97. The second-order valence-electron chi connectivity index (χ2n) is 6.56. The molecule has 2 N–H and O–H groups in total. The smallest absolute Gasteiger partial charge is 0.230 e. The van der Waals surface area contributed by atoms with E-state index >= 15 is 0 Å². The number of nitrogens with zero attached hydrogens (tertiary/aromatic N) is 3. The summed E-state index contributed by atoms with van der Waals surface area (Å²) in [6.45, 7) is 9.52. The maximum Gasteiger partial charge on any atom is 0.230 e. The summed E-state index contributed by atoms with van der Waals surface area (Å²) in [4.78, 5) is 15.3. The first kappa shape index (κ1) is 17.0. The standard InChI is InChI=1S/C17H30N4O/c1-6-17(7-2,11-18)16(22)21-10-8-9-14(21)15-12(3)19-20(5)13(15)4/h14H,6-11,18H2,1-5H3. The quantitative estimate of drug-likeness (QED) is 0.909. The molecule has 5 nitrogen and oxygen atoms in total. The van der Waals surface area contributed by atoms with E-state index in [-0.39, 0.29) is 11.9 Å². The largest absolute Gasteiger partial charge is 0.335 e. The fourth-order valence-electron chi connectivity index (χ4n) is 3.82. The van der Waals surface area contributed by atoms with Gasteiger partial charge in [0.25, 0.3) is 0 Å². The van der Waals surface area contributed by atoms with Crippen LogP contribution in [-0.2, 0) is 11.8 Å². The highest BCUT2D eigenvalue weighted by molar-refractivity contribution is 5.83. The monoisotopic (exact) mass is 306 g/mol. The number of likely N-dealkylation sites (tertiary alicyclic amines) is 1. The van der Waals surface area contributed by atoms with Crippen molar-refractivity contribution in [1.82, 2.24) is 14.7 Å². The van der Waals surface area contributed by atoms with E-state index in [9.17, 15) is 4.79 Å². The molecule has 0 spiro atoms. The molecule has 0 aliphatic carbocycles. The van der Waals surface area contributed by atoms with Crippen LogP contribution in [0, 0.1) is 19.3 Å². The summed E-state index contributed by atoms with van der Waals surface area (Å²) in [5.74, 6) is 0.227. The average molecular weight is 306 g/mol. The molecule has 22 heavy (non-hydrogen) atoms. The Labute approximate surface area is 133 Å². The Morgan fingerprint density at radius 1 is 1.36 bits per heavy atom. The molecule has 2 heterocycles. The number of aryl methyl sites for hydroxylation is 2. The first-order chi connectivity index (χ1) is 10.4. The van der Waals surface area contributed by atoms with E-state index in [2.05, 4.69) is 30.8 Å². The number of hydrogen-bond acceptors (Lipinski definition) is 3. The zero-order valence-corrected chi connectivity index (χ0v) is 14.6. The Kier molecular flexibility index (Phi) is 4.95. The predicted molar refractivity (Wildman–Crippen MR) is 88.4 cm³/mol. The lowest BCUT2D eigenvalue weighted by atomic mass is 9.80. The minimum absolute atomic E-state index is 0.158. The topological polar surface area (TPSA) is 64.2 Å². The number of aromatic nitrogens is 2. The number of carbonyl (C=O) groups excluding carboxylic acids is 1. The van der Waals surface area contributed by atoms with Crippen LogP contribution >= 0.6 is 0 Å². The van der Waals surface area contributed by atoms with Crippen molar-refractivity contribution >= 4 is 5.91 Å². The van der Waals surface area contributed by atoms with E-state index in [1.807, 2.05) is 18.7 Å². The van der Waals surface area contributed by atoms with Gasteiger partial charge < -0.3 is 10.6 Å². The molecule has 1 aliphatic rings. The molecule has 1 aromatic heterocycles. The van der Waals surface area contributed by atoms with E-state index in [1.165, 1.54) is 5.56 Å². The highest BCUT2D eigenvalue weighted by atomic mass is 16.2. The minimum Gasteiger partial charge on any atom is -0.335 e. The van der Waals surface area contributed by atoms with Crippen LogP contribution in [0.1, 0.15) is 62.5 Å². The van der Waals surface area contributed by atoms with Gasteiger partial charge in [0, 0.05) is 31.4 Å². The maximum absolute atomic E-state index is 13.2. The van der Waals surface area contributed by atoms with Crippen LogP contribution in [0.3, 0.4) is 0 Å². The molecule has 1 amide bonds. The predicted octanol–water partition coefficient (Wildman–Crippen LogP) is 2.47. The van der Waals surface area contributed by atoms with E-state index in [0.717, 1.165) is 43.6 Å². The van der Waals surface area contributed by atoms with E-state index < -0.39 is 5.41 Å². The zero-order valence-electron chi connectivity index (χ0n) is 14.6. The van der Waals surface area contributed by atoms with Gasteiger partial charge in [-0.2, -0.15) is 5.10 Å². The summed E-state index contributed by atoms with van der Waals surface area (Å²) < 4.78 is 1.92. The minimum atomic E-state index is -0.410. The van der Waals surface area contributed by atoms with Gasteiger partial charge in [0.15, 0.2) is 0 Å². The van der Waals surface area contributed by atoms with Gasteiger partial charge in [-0.25, -0.2) is 0 Å². The normalized spacial score (nSPS) is 19.0. The molecule has 0 saturated carbocycles. The number of amides is 1. The number of carbonyl (C=O) groups is 1. The van der Waals surface area contributed by atoms with E-state index in [4.69, 9.17) is 5.73 Å². The maximum atomic E-state index is 13.2. The second-order valence-corrected chi connectivity index (χ2v) is 6.56. The van der Waals surface area contributed by atoms with Crippen molar-refractivity contribution in [3.05, 3.63) is 17.0 Å². The Morgan fingerprint density at radius 3 is 2.45 bits per heavy atom. The van der Waals surface area contributed by atoms with Crippen molar-refractivity contribution in [3.8, 4) is 0 Å². The molecule has 124 valence electrons. The number of hydrogen-bond donors (Lipinski definition) is 1. The highest BCUT2D eigenvalue weighted by Crippen LogP contribution is 2.39. The molecule has 0 bridgehead atoms. The molecular weight excluding hydrogens is 276 g/mol. The van der Waals surface area contributed by atoms with Crippen LogP contribution in [0.4, 0.5) is 0 Å². The summed E-state index contributed by atoms with van der Waals surface area (Å²) >= 11 is 0. The fraction of sp³-hybridized carbons (Fsp3) is 0.765. The summed E-state index contributed by atoms with van der Waals surface area (Å²) in [5.41, 5.74) is 9.00. The van der Waals surface area contributed by atoms with E-state index in [0.29, 0.717) is 6.54 Å².